The van der Waals surface area contributed by atoms with Crippen LogP contribution in [0.2, 0.25) is 0 Å². The van der Waals surface area contributed by atoms with Crippen LogP contribution < -0.4 is 10.1 Å². The lowest BCUT2D eigenvalue weighted by Crippen LogP contribution is -2.47. The molecule has 0 amide bonds. The minimum atomic E-state index is 0.288. The molecule has 2 heterocycles. The Hall–Kier alpha value is -2.43. The summed E-state index contributed by atoms with van der Waals surface area (Å²) in [6.07, 6.45) is 6.50. The number of piperidine rings is 1. The number of hydrogen-bond donors (Lipinski definition) is 1. The molecular formula is C20H28N4O. The predicted octanol–water partition coefficient (Wildman–Crippen LogP) is 3.03. The van der Waals surface area contributed by atoms with E-state index in [-0.39, 0.29) is 6.10 Å². The highest BCUT2D eigenvalue weighted by molar-refractivity contribution is 5.80. The number of hydrogen-bond acceptors (Lipinski definition) is 2. The molecule has 1 aromatic carbocycles. The van der Waals surface area contributed by atoms with Crippen molar-refractivity contribution >= 4 is 5.96 Å². The molecule has 1 aliphatic rings. The molecule has 134 valence electrons. The van der Waals surface area contributed by atoms with E-state index in [0.29, 0.717) is 6.54 Å². The first-order chi connectivity index (χ1) is 12.2. The lowest BCUT2D eigenvalue weighted by molar-refractivity contribution is 0.129. The van der Waals surface area contributed by atoms with Gasteiger partial charge in [0.05, 0.1) is 6.54 Å². The molecule has 25 heavy (non-hydrogen) atoms. The van der Waals surface area contributed by atoms with Gasteiger partial charge in [-0.1, -0.05) is 18.2 Å². The summed E-state index contributed by atoms with van der Waals surface area (Å²) in [5.41, 5.74) is 1.24. The van der Waals surface area contributed by atoms with E-state index in [1.165, 1.54) is 5.56 Å². The summed E-state index contributed by atoms with van der Waals surface area (Å²) >= 11 is 0. The molecule has 1 aromatic heterocycles. The van der Waals surface area contributed by atoms with Gasteiger partial charge in [-0.25, -0.2) is 4.99 Å². The van der Waals surface area contributed by atoms with E-state index >= 15 is 0 Å². The second-order valence-electron chi connectivity index (χ2n) is 6.47. The van der Waals surface area contributed by atoms with Gasteiger partial charge in [0.15, 0.2) is 5.96 Å². The van der Waals surface area contributed by atoms with Crippen LogP contribution in [0, 0.1) is 0 Å². The Bertz CT molecular complexity index is 672. The zero-order valence-corrected chi connectivity index (χ0v) is 15.2. The second-order valence-corrected chi connectivity index (χ2v) is 6.47. The van der Waals surface area contributed by atoms with Gasteiger partial charge >= 0.3 is 0 Å². The highest BCUT2D eigenvalue weighted by Gasteiger charge is 2.22. The molecule has 5 nitrogen and oxygen atoms in total. The number of aromatic nitrogens is 1. The Labute approximate surface area is 150 Å². The van der Waals surface area contributed by atoms with Crippen LogP contribution in [0.3, 0.4) is 0 Å². The Balaban J connectivity index is 1.54. The maximum atomic E-state index is 6.09. The van der Waals surface area contributed by atoms with Crippen molar-refractivity contribution in [1.82, 2.24) is 14.8 Å². The van der Waals surface area contributed by atoms with E-state index in [0.717, 1.165) is 44.2 Å². The summed E-state index contributed by atoms with van der Waals surface area (Å²) < 4.78 is 8.15. The van der Waals surface area contributed by atoms with Crippen LogP contribution in [-0.4, -0.2) is 41.2 Å². The van der Waals surface area contributed by atoms with Gasteiger partial charge in [-0.3, -0.25) is 0 Å². The first-order valence-corrected chi connectivity index (χ1v) is 9.10. The molecule has 5 heteroatoms. The topological polar surface area (TPSA) is 41.8 Å². The first-order valence-electron chi connectivity index (χ1n) is 9.10. The van der Waals surface area contributed by atoms with Crippen LogP contribution in [0.25, 0.3) is 0 Å². The molecule has 0 bridgehead atoms. The molecule has 0 radical (unpaired) electrons. The van der Waals surface area contributed by atoms with Crippen LogP contribution in [0.15, 0.2) is 53.8 Å². The van der Waals surface area contributed by atoms with Crippen LogP contribution in [0.5, 0.6) is 5.75 Å². The van der Waals surface area contributed by atoms with Crippen LogP contribution in [-0.2, 0) is 13.6 Å². The smallest absolute Gasteiger partial charge is 0.194 e. The summed E-state index contributed by atoms with van der Waals surface area (Å²) in [6, 6.07) is 12.2. The highest BCUT2D eigenvalue weighted by Crippen LogP contribution is 2.18. The molecule has 0 atom stereocenters. The molecule has 2 aromatic rings. The Morgan fingerprint density at radius 3 is 2.60 bits per heavy atom. The minimum Gasteiger partial charge on any atom is -0.490 e. The highest BCUT2D eigenvalue weighted by atomic mass is 16.5. The molecule has 1 aliphatic heterocycles. The number of guanidine groups is 1. The van der Waals surface area contributed by atoms with Gasteiger partial charge in [0.2, 0.25) is 0 Å². The third-order valence-electron chi connectivity index (χ3n) is 4.43. The third-order valence-corrected chi connectivity index (χ3v) is 4.43. The fraction of sp³-hybridized carbons (Fsp3) is 0.450. The Morgan fingerprint density at radius 2 is 1.96 bits per heavy atom. The van der Waals surface area contributed by atoms with Crippen molar-refractivity contribution in [3.05, 3.63) is 54.4 Å². The second kappa shape index (κ2) is 8.60. The molecule has 1 fully saturated rings. The number of nitrogens with zero attached hydrogens (tertiary/aromatic N) is 3. The fourth-order valence-electron chi connectivity index (χ4n) is 3.12. The number of nitrogens with one attached hydrogen (secondary N) is 1. The summed E-state index contributed by atoms with van der Waals surface area (Å²) in [6.45, 7) is 5.65. The standard InChI is InChI=1S/C20H28N4O/c1-3-21-20(22-15-17-9-12-23(2)16-17)24-13-10-19(11-14-24)25-18-7-5-4-6-8-18/h4-9,12,16,19H,3,10-11,13-15H2,1-2H3,(H,21,22). The molecule has 3 rings (SSSR count). The third kappa shape index (κ3) is 5.02. The van der Waals surface area contributed by atoms with Crippen molar-refractivity contribution in [2.24, 2.45) is 12.0 Å². The number of aliphatic imine (C=N–C) groups is 1. The van der Waals surface area contributed by atoms with Crippen molar-refractivity contribution in [3.8, 4) is 5.75 Å². The van der Waals surface area contributed by atoms with Crippen molar-refractivity contribution in [3.63, 3.8) is 0 Å². The van der Waals surface area contributed by atoms with Crippen LogP contribution in [0.1, 0.15) is 25.3 Å². The van der Waals surface area contributed by atoms with Gasteiger partial charge in [-0.05, 0) is 30.7 Å². The van der Waals surface area contributed by atoms with Crippen molar-refractivity contribution < 1.29 is 4.74 Å². The molecule has 0 spiro atoms. The van der Waals surface area contributed by atoms with Gasteiger partial charge in [-0.15, -0.1) is 0 Å². The quantitative estimate of drug-likeness (QED) is 0.672. The van der Waals surface area contributed by atoms with E-state index in [2.05, 4.69) is 40.2 Å². The number of para-hydroxylation sites is 1. The molecule has 1 saturated heterocycles. The Morgan fingerprint density at radius 1 is 1.20 bits per heavy atom. The van der Waals surface area contributed by atoms with Crippen molar-refractivity contribution in [2.75, 3.05) is 19.6 Å². The molecule has 1 N–H and O–H groups in total. The predicted molar refractivity (Wildman–Crippen MR) is 102 cm³/mol. The van der Waals surface area contributed by atoms with Crippen LogP contribution in [0.4, 0.5) is 0 Å². The average molecular weight is 340 g/mol. The largest absolute Gasteiger partial charge is 0.490 e. The van der Waals surface area contributed by atoms with E-state index in [4.69, 9.17) is 9.73 Å². The summed E-state index contributed by atoms with van der Waals surface area (Å²) in [7, 11) is 2.04. The average Bonchev–Trinajstić information content (AvgIpc) is 3.06. The number of ether oxygens (including phenoxy) is 1. The van der Waals surface area contributed by atoms with Crippen LogP contribution >= 0.6 is 0 Å². The van der Waals surface area contributed by atoms with Gasteiger partial charge < -0.3 is 19.5 Å². The lowest BCUT2D eigenvalue weighted by atomic mass is 10.1. The molecule has 0 aliphatic carbocycles. The summed E-state index contributed by atoms with van der Waals surface area (Å²) in [5.74, 6) is 1.97. The maximum Gasteiger partial charge on any atom is 0.194 e. The van der Waals surface area contributed by atoms with E-state index in [1.807, 2.05) is 37.4 Å². The molecule has 0 saturated carbocycles. The van der Waals surface area contributed by atoms with Gasteiger partial charge in [0.1, 0.15) is 11.9 Å². The maximum absolute atomic E-state index is 6.09. The van der Waals surface area contributed by atoms with E-state index in [9.17, 15) is 0 Å². The minimum absolute atomic E-state index is 0.288. The number of benzene rings is 1. The fourth-order valence-corrected chi connectivity index (χ4v) is 3.12. The summed E-state index contributed by atoms with van der Waals surface area (Å²) in [4.78, 5) is 7.15. The van der Waals surface area contributed by atoms with E-state index < -0.39 is 0 Å². The normalized spacial score (nSPS) is 16.1. The zero-order chi connectivity index (χ0) is 17.5. The van der Waals surface area contributed by atoms with Crippen molar-refractivity contribution in [2.45, 2.75) is 32.4 Å². The van der Waals surface area contributed by atoms with Gasteiger partial charge in [0, 0.05) is 51.9 Å². The monoisotopic (exact) mass is 340 g/mol. The number of rotatable bonds is 5. The first kappa shape index (κ1) is 17.4. The van der Waals surface area contributed by atoms with Crippen molar-refractivity contribution in [1.29, 1.82) is 0 Å². The molecule has 0 unspecified atom stereocenters. The van der Waals surface area contributed by atoms with E-state index in [1.54, 1.807) is 0 Å². The summed E-state index contributed by atoms with van der Waals surface area (Å²) in [5, 5.41) is 3.42. The SMILES string of the molecule is CCNC(=NCc1ccn(C)c1)N1CCC(Oc2ccccc2)CC1. The number of likely N-dealkylation sites (tertiary alicyclic amines) is 1. The van der Waals surface area contributed by atoms with Gasteiger partial charge in [0.25, 0.3) is 0 Å². The number of aryl methyl sites for hydroxylation is 1. The Kier molecular flexibility index (Phi) is 5.99. The van der Waals surface area contributed by atoms with Gasteiger partial charge in [-0.2, -0.15) is 0 Å². The molecular weight excluding hydrogens is 312 g/mol. The lowest BCUT2D eigenvalue weighted by Gasteiger charge is -2.34. The zero-order valence-electron chi connectivity index (χ0n) is 15.2.